The predicted octanol–water partition coefficient (Wildman–Crippen LogP) is -0.706. The van der Waals surface area contributed by atoms with E-state index in [0.29, 0.717) is 0 Å². The maximum atomic E-state index is 10.1. The summed E-state index contributed by atoms with van der Waals surface area (Å²) in [4.78, 5) is 14.6. The maximum Gasteiger partial charge on any atom is 0.355 e. The van der Waals surface area contributed by atoms with E-state index >= 15 is 0 Å². The van der Waals surface area contributed by atoms with Gasteiger partial charge in [0.2, 0.25) is 0 Å². The molecule has 0 aliphatic carbocycles. The minimum atomic E-state index is -1.03. The first-order chi connectivity index (χ1) is 4.20. The number of carboxylic acid groups (broad SMARTS) is 1. The highest BCUT2D eigenvalue weighted by Gasteiger charge is 2.14. The third-order valence-corrected chi connectivity index (χ3v) is 0.841. The van der Waals surface area contributed by atoms with E-state index in [1.165, 1.54) is 11.3 Å². The summed E-state index contributed by atoms with van der Waals surface area (Å²) in [5, 5.41) is 9.56. The van der Waals surface area contributed by atoms with Crippen molar-refractivity contribution in [1.29, 1.82) is 0 Å². The van der Waals surface area contributed by atoms with Crippen LogP contribution < -0.4 is 5.48 Å². The van der Waals surface area contributed by atoms with Crippen molar-refractivity contribution < 1.29 is 14.8 Å². The van der Waals surface area contributed by atoms with Crippen LogP contribution in [-0.2, 0) is 9.73 Å². The summed E-state index contributed by atoms with van der Waals surface area (Å²) in [5.74, 6) is -1.03. The summed E-state index contributed by atoms with van der Waals surface area (Å²) in [6.45, 7) is 0. The Balaban J connectivity index is 2.62. The molecule has 1 aliphatic heterocycles. The van der Waals surface area contributed by atoms with Crippen molar-refractivity contribution >= 4 is 5.97 Å². The van der Waals surface area contributed by atoms with Crippen LogP contribution >= 0.6 is 0 Å². The van der Waals surface area contributed by atoms with Gasteiger partial charge in [0.15, 0.2) is 5.70 Å². The predicted molar refractivity (Wildman–Crippen MR) is 27.7 cm³/mol. The highest BCUT2D eigenvalue weighted by molar-refractivity contribution is 5.85. The van der Waals surface area contributed by atoms with Crippen molar-refractivity contribution in [3.05, 3.63) is 11.9 Å². The number of nitrogens with one attached hydrogen (secondary N) is 1. The first-order valence-electron chi connectivity index (χ1n) is 2.31. The second kappa shape index (κ2) is 1.94. The van der Waals surface area contributed by atoms with Crippen LogP contribution in [-0.4, -0.2) is 23.2 Å². The summed E-state index contributed by atoms with van der Waals surface area (Å²) in [6.07, 6.45) is 1.34. The van der Waals surface area contributed by atoms with Gasteiger partial charge in [-0.3, -0.25) is 0 Å². The van der Waals surface area contributed by atoms with Gasteiger partial charge in [-0.2, -0.15) is 4.94 Å². The zero-order chi connectivity index (χ0) is 6.85. The number of rotatable bonds is 1. The average molecular weight is 130 g/mol. The monoisotopic (exact) mass is 130 g/mol. The van der Waals surface area contributed by atoms with E-state index in [9.17, 15) is 4.79 Å². The lowest BCUT2D eigenvalue weighted by molar-refractivity contribution is -0.141. The topological polar surface area (TPSA) is 61.8 Å². The Kier molecular flexibility index (Phi) is 1.27. The Morgan fingerprint density at radius 2 is 2.67 bits per heavy atom. The largest absolute Gasteiger partial charge is 0.476 e. The van der Waals surface area contributed by atoms with Crippen molar-refractivity contribution in [2.75, 3.05) is 7.05 Å². The minimum Gasteiger partial charge on any atom is -0.476 e. The van der Waals surface area contributed by atoms with Gasteiger partial charge in [-0.25, -0.2) is 15.3 Å². The third kappa shape index (κ3) is 1.11. The second-order valence-corrected chi connectivity index (χ2v) is 1.59. The molecule has 0 atom stereocenters. The number of carbonyl (C=O) groups is 1. The van der Waals surface area contributed by atoms with Crippen LogP contribution in [0.4, 0.5) is 0 Å². The number of nitrogens with zero attached hydrogens (tertiary/aromatic N) is 1. The number of hydroxylamine groups is 3. The molecule has 1 rings (SSSR count). The molecular weight excluding hydrogens is 124 g/mol. The lowest BCUT2D eigenvalue weighted by Crippen LogP contribution is -2.16. The lowest BCUT2D eigenvalue weighted by atomic mass is 10.5. The molecule has 0 bridgehead atoms. The number of hydrogen-bond acceptors (Lipinski definition) is 4. The summed E-state index contributed by atoms with van der Waals surface area (Å²) < 4.78 is 0. The van der Waals surface area contributed by atoms with Crippen LogP contribution in [0.2, 0.25) is 0 Å². The van der Waals surface area contributed by atoms with Crippen molar-refractivity contribution in [3.8, 4) is 0 Å². The van der Waals surface area contributed by atoms with Gasteiger partial charge in [-0.05, 0) is 0 Å². The molecular formula is C4H6N2O3. The van der Waals surface area contributed by atoms with E-state index in [2.05, 4.69) is 10.4 Å². The molecule has 0 saturated heterocycles. The van der Waals surface area contributed by atoms with Crippen LogP contribution in [0.15, 0.2) is 11.9 Å². The average Bonchev–Trinajstić information content (AvgIpc) is 2.14. The molecule has 0 spiro atoms. The Bertz CT molecular complexity index is 165. The number of aliphatic carboxylic acids is 1. The molecule has 0 aromatic heterocycles. The molecule has 1 heterocycles. The van der Waals surface area contributed by atoms with Gasteiger partial charge in [-0.1, -0.05) is 0 Å². The Labute approximate surface area is 51.4 Å². The second-order valence-electron chi connectivity index (χ2n) is 1.59. The van der Waals surface area contributed by atoms with Gasteiger partial charge < -0.3 is 5.11 Å². The molecule has 0 unspecified atom stereocenters. The van der Waals surface area contributed by atoms with Crippen molar-refractivity contribution in [1.82, 2.24) is 10.5 Å². The first kappa shape index (κ1) is 5.90. The molecule has 2 N–H and O–H groups in total. The quantitative estimate of drug-likeness (QED) is 0.491. The van der Waals surface area contributed by atoms with E-state index in [1.807, 2.05) is 0 Å². The standard InChI is InChI=1S/C4H6N2O3/c1-6-2-3(4(7)8)5-9-6/h2,5H,1H3,(H,7,8). The number of carboxylic acids is 1. The molecule has 0 radical (unpaired) electrons. The molecule has 0 saturated carbocycles. The van der Waals surface area contributed by atoms with E-state index in [0.717, 1.165) is 0 Å². The van der Waals surface area contributed by atoms with Crippen LogP contribution in [0, 0.1) is 0 Å². The smallest absolute Gasteiger partial charge is 0.355 e. The minimum absolute atomic E-state index is 0.0394. The van der Waals surface area contributed by atoms with Crippen LogP contribution in [0.5, 0.6) is 0 Å². The Morgan fingerprint density at radius 1 is 2.00 bits per heavy atom. The van der Waals surface area contributed by atoms with E-state index in [1.54, 1.807) is 7.05 Å². The molecule has 5 nitrogen and oxygen atoms in total. The van der Waals surface area contributed by atoms with Crippen LogP contribution in [0.3, 0.4) is 0 Å². The molecule has 5 heteroatoms. The van der Waals surface area contributed by atoms with Gasteiger partial charge in [0, 0.05) is 7.05 Å². The summed E-state index contributed by atoms with van der Waals surface area (Å²) in [5.41, 5.74) is 2.23. The van der Waals surface area contributed by atoms with Gasteiger partial charge in [-0.15, -0.1) is 0 Å². The van der Waals surface area contributed by atoms with Crippen LogP contribution in [0.1, 0.15) is 0 Å². The SMILES string of the molecule is CN1C=C(C(=O)O)NO1. The first-order valence-corrected chi connectivity index (χ1v) is 2.31. The van der Waals surface area contributed by atoms with Crippen molar-refractivity contribution in [3.63, 3.8) is 0 Å². The van der Waals surface area contributed by atoms with E-state index in [-0.39, 0.29) is 5.70 Å². The zero-order valence-electron chi connectivity index (χ0n) is 4.79. The lowest BCUT2D eigenvalue weighted by Gasteiger charge is -2.01. The molecule has 9 heavy (non-hydrogen) atoms. The van der Waals surface area contributed by atoms with Crippen molar-refractivity contribution in [2.45, 2.75) is 0 Å². The molecule has 1 aliphatic rings. The Hall–Kier alpha value is -1.23. The molecule has 0 fully saturated rings. The molecule has 0 aromatic carbocycles. The molecule has 0 aromatic rings. The van der Waals surface area contributed by atoms with Crippen LogP contribution in [0.25, 0.3) is 0 Å². The normalized spacial score (nSPS) is 17.0. The van der Waals surface area contributed by atoms with E-state index < -0.39 is 5.97 Å². The van der Waals surface area contributed by atoms with Gasteiger partial charge >= 0.3 is 5.97 Å². The van der Waals surface area contributed by atoms with E-state index in [4.69, 9.17) is 5.11 Å². The van der Waals surface area contributed by atoms with Gasteiger partial charge in [0.1, 0.15) is 0 Å². The summed E-state index contributed by atoms with van der Waals surface area (Å²) in [6, 6.07) is 0. The highest BCUT2D eigenvalue weighted by Crippen LogP contribution is 2.00. The van der Waals surface area contributed by atoms with Crippen molar-refractivity contribution in [2.24, 2.45) is 0 Å². The number of hydrogen-bond donors (Lipinski definition) is 2. The highest BCUT2D eigenvalue weighted by atomic mass is 16.8. The maximum absolute atomic E-state index is 10.1. The summed E-state index contributed by atoms with van der Waals surface area (Å²) >= 11 is 0. The fraction of sp³-hybridized carbons (Fsp3) is 0.250. The van der Waals surface area contributed by atoms with Gasteiger partial charge in [0.05, 0.1) is 6.20 Å². The third-order valence-electron chi connectivity index (χ3n) is 0.841. The summed E-state index contributed by atoms with van der Waals surface area (Å²) in [7, 11) is 1.59. The van der Waals surface area contributed by atoms with Gasteiger partial charge in [0.25, 0.3) is 0 Å². The zero-order valence-corrected chi connectivity index (χ0v) is 4.79. The molecule has 50 valence electrons. The fourth-order valence-corrected chi connectivity index (χ4v) is 0.455. The fourth-order valence-electron chi connectivity index (χ4n) is 0.455. The molecule has 0 amide bonds. The Morgan fingerprint density at radius 3 is 2.89 bits per heavy atom.